The fourth-order valence-corrected chi connectivity index (χ4v) is 0.698. The van der Waals surface area contributed by atoms with E-state index in [-0.39, 0.29) is 11.7 Å². The molecule has 0 fully saturated rings. The first-order valence-electron chi connectivity index (χ1n) is 3.90. The van der Waals surface area contributed by atoms with Gasteiger partial charge in [0.2, 0.25) is 0 Å². The van der Waals surface area contributed by atoms with E-state index in [4.69, 9.17) is 0 Å². The molecule has 1 heteroatoms. The molecule has 1 atom stereocenters. The lowest BCUT2D eigenvalue weighted by Crippen LogP contribution is -2.04. The van der Waals surface area contributed by atoms with Gasteiger partial charge in [-0.3, -0.25) is 4.79 Å². The van der Waals surface area contributed by atoms with Crippen LogP contribution in [0.25, 0.3) is 0 Å². The second kappa shape index (κ2) is 4.89. The molecule has 0 spiro atoms. The zero-order chi connectivity index (χ0) is 8.85. The highest BCUT2D eigenvalue weighted by Gasteiger charge is 2.06. The van der Waals surface area contributed by atoms with Crippen LogP contribution in [0.5, 0.6) is 0 Å². The van der Waals surface area contributed by atoms with Gasteiger partial charge >= 0.3 is 0 Å². The van der Waals surface area contributed by atoms with Gasteiger partial charge in [0.15, 0.2) is 5.78 Å². The molecule has 0 saturated heterocycles. The van der Waals surface area contributed by atoms with Crippen LogP contribution >= 0.6 is 0 Å². The molecule has 0 aliphatic rings. The number of allylic oxidation sites excluding steroid dienone is 3. The molecule has 0 rings (SSSR count). The van der Waals surface area contributed by atoms with Gasteiger partial charge in [0.1, 0.15) is 0 Å². The standard InChI is InChI=1S/C10H16O/c1-5-8(3)7-10(11)9(4)6-2/h5-6,8H,1,7H2,2-4H3/b9-6-. The van der Waals surface area contributed by atoms with Gasteiger partial charge in [-0.15, -0.1) is 6.58 Å². The van der Waals surface area contributed by atoms with Gasteiger partial charge in [0.25, 0.3) is 0 Å². The van der Waals surface area contributed by atoms with E-state index in [9.17, 15) is 4.79 Å². The molecule has 11 heavy (non-hydrogen) atoms. The first-order chi connectivity index (χ1) is 5.11. The highest BCUT2D eigenvalue weighted by Crippen LogP contribution is 2.07. The number of carbonyl (C=O) groups excluding carboxylic acids is 1. The molecule has 0 aromatic carbocycles. The van der Waals surface area contributed by atoms with E-state index >= 15 is 0 Å². The molecule has 0 saturated carbocycles. The van der Waals surface area contributed by atoms with Crippen molar-refractivity contribution in [1.29, 1.82) is 0 Å². The third-order valence-corrected chi connectivity index (χ3v) is 1.78. The zero-order valence-corrected chi connectivity index (χ0v) is 7.55. The number of Topliss-reactive ketones (excluding diaryl/α,β-unsaturated/α-hetero) is 1. The van der Waals surface area contributed by atoms with Crippen LogP contribution in [0.3, 0.4) is 0 Å². The first kappa shape index (κ1) is 10.2. The van der Waals surface area contributed by atoms with Crippen LogP contribution in [0.4, 0.5) is 0 Å². The van der Waals surface area contributed by atoms with Gasteiger partial charge in [0, 0.05) is 6.42 Å². The lowest BCUT2D eigenvalue weighted by Gasteiger charge is -2.03. The molecule has 1 nitrogen and oxygen atoms in total. The van der Waals surface area contributed by atoms with E-state index in [0.717, 1.165) is 5.57 Å². The van der Waals surface area contributed by atoms with Gasteiger partial charge in [-0.2, -0.15) is 0 Å². The summed E-state index contributed by atoms with van der Waals surface area (Å²) in [5, 5.41) is 0. The quantitative estimate of drug-likeness (QED) is 0.447. The van der Waals surface area contributed by atoms with E-state index in [1.807, 2.05) is 26.8 Å². The molecule has 0 aromatic rings. The van der Waals surface area contributed by atoms with Crippen molar-refractivity contribution in [3.05, 3.63) is 24.3 Å². The molecule has 0 heterocycles. The Morgan fingerprint density at radius 3 is 2.55 bits per heavy atom. The molecule has 0 aromatic heterocycles. The summed E-state index contributed by atoms with van der Waals surface area (Å²) >= 11 is 0. The fourth-order valence-electron chi connectivity index (χ4n) is 0.698. The number of hydrogen-bond acceptors (Lipinski definition) is 1. The summed E-state index contributed by atoms with van der Waals surface area (Å²) in [6, 6.07) is 0. The van der Waals surface area contributed by atoms with Crippen molar-refractivity contribution < 1.29 is 4.79 Å². The Bertz CT molecular complexity index is 177. The third-order valence-electron chi connectivity index (χ3n) is 1.78. The van der Waals surface area contributed by atoms with Crippen LogP contribution in [0, 0.1) is 5.92 Å². The summed E-state index contributed by atoms with van der Waals surface area (Å²) in [6.07, 6.45) is 4.23. The molecule has 0 amide bonds. The minimum Gasteiger partial charge on any atom is -0.295 e. The highest BCUT2D eigenvalue weighted by atomic mass is 16.1. The molecule has 0 aliphatic carbocycles. The predicted octanol–water partition coefficient (Wildman–Crippen LogP) is 2.73. The molecule has 0 radical (unpaired) electrons. The molecular formula is C10H16O. The molecule has 1 unspecified atom stereocenters. The molecule has 0 N–H and O–H groups in total. The fraction of sp³-hybridized carbons (Fsp3) is 0.500. The Labute approximate surface area is 68.8 Å². The normalized spacial score (nSPS) is 14.3. The second-order valence-electron chi connectivity index (χ2n) is 2.81. The Morgan fingerprint density at radius 2 is 2.18 bits per heavy atom. The highest BCUT2D eigenvalue weighted by molar-refractivity contribution is 5.94. The van der Waals surface area contributed by atoms with E-state index in [1.165, 1.54) is 0 Å². The molecule has 0 bridgehead atoms. The van der Waals surface area contributed by atoms with E-state index in [1.54, 1.807) is 6.08 Å². The number of carbonyl (C=O) groups is 1. The maximum Gasteiger partial charge on any atom is 0.158 e. The van der Waals surface area contributed by atoms with E-state index < -0.39 is 0 Å². The summed E-state index contributed by atoms with van der Waals surface area (Å²) in [5.74, 6) is 0.511. The molecule has 62 valence electrons. The predicted molar refractivity (Wildman–Crippen MR) is 48.4 cm³/mol. The van der Waals surface area contributed by atoms with Gasteiger partial charge in [-0.05, 0) is 25.3 Å². The number of hydrogen-bond donors (Lipinski definition) is 0. The van der Waals surface area contributed by atoms with Crippen LogP contribution in [0.15, 0.2) is 24.3 Å². The lowest BCUT2D eigenvalue weighted by molar-refractivity contribution is -0.116. The van der Waals surface area contributed by atoms with Crippen molar-refractivity contribution in [1.82, 2.24) is 0 Å². The zero-order valence-electron chi connectivity index (χ0n) is 7.55. The van der Waals surface area contributed by atoms with Gasteiger partial charge in [-0.1, -0.05) is 19.1 Å². The van der Waals surface area contributed by atoms with Crippen molar-refractivity contribution in [2.24, 2.45) is 5.92 Å². The summed E-state index contributed by atoms with van der Waals surface area (Å²) in [4.78, 5) is 11.2. The summed E-state index contributed by atoms with van der Waals surface area (Å²) in [5.41, 5.74) is 0.846. The van der Waals surface area contributed by atoms with Crippen LogP contribution in [0.2, 0.25) is 0 Å². The topological polar surface area (TPSA) is 17.1 Å². The monoisotopic (exact) mass is 152 g/mol. The summed E-state index contributed by atoms with van der Waals surface area (Å²) in [6.45, 7) is 9.35. The summed E-state index contributed by atoms with van der Waals surface area (Å²) < 4.78 is 0. The summed E-state index contributed by atoms with van der Waals surface area (Å²) in [7, 11) is 0. The van der Waals surface area contributed by atoms with Crippen LogP contribution in [-0.2, 0) is 4.79 Å². The Hall–Kier alpha value is -0.850. The minimum atomic E-state index is 0.222. The smallest absolute Gasteiger partial charge is 0.158 e. The van der Waals surface area contributed by atoms with Crippen LogP contribution in [-0.4, -0.2) is 5.78 Å². The van der Waals surface area contributed by atoms with Crippen LogP contribution < -0.4 is 0 Å². The maximum absolute atomic E-state index is 11.2. The number of ketones is 1. The van der Waals surface area contributed by atoms with Crippen molar-refractivity contribution in [2.45, 2.75) is 27.2 Å². The van der Waals surface area contributed by atoms with Gasteiger partial charge < -0.3 is 0 Å². The van der Waals surface area contributed by atoms with Crippen LogP contribution in [0.1, 0.15) is 27.2 Å². The van der Waals surface area contributed by atoms with E-state index in [2.05, 4.69) is 6.58 Å². The van der Waals surface area contributed by atoms with Crippen molar-refractivity contribution in [3.63, 3.8) is 0 Å². The molecule has 0 aliphatic heterocycles. The average Bonchev–Trinajstić information content (AvgIpc) is 2.02. The lowest BCUT2D eigenvalue weighted by atomic mass is 10.0. The minimum absolute atomic E-state index is 0.222. The Kier molecular flexibility index (Phi) is 4.51. The maximum atomic E-state index is 11.2. The Morgan fingerprint density at radius 1 is 1.64 bits per heavy atom. The third kappa shape index (κ3) is 3.76. The Balaban J connectivity index is 3.97. The van der Waals surface area contributed by atoms with Crippen molar-refractivity contribution in [3.8, 4) is 0 Å². The van der Waals surface area contributed by atoms with Crippen molar-refractivity contribution >= 4 is 5.78 Å². The first-order valence-corrected chi connectivity index (χ1v) is 3.90. The average molecular weight is 152 g/mol. The van der Waals surface area contributed by atoms with Crippen molar-refractivity contribution in [2.75, 3.05) is 0 Å². The second-order valence-corrected chi connectivity index (χ2v) is 2.81. The SMILES string of the molecule is C=CC(C)CC(=O)/C(C)=C\C. The number of rotatable bonds is 4. The van der Waals surface area contributed by atoms with Gasteiger partial charge in [0.05, 0.1) is 0 Å². The van der Waals surface area contributed by atoms with Gasteiger partial charge in [-0.25, -0.2) is 0 Å². The largest absolute Gasteiger partial charge is 0.295 e. The van der Waals surface area contributed by atoms with E-state index in [0.29, 0.717) is 6.42 Å². The molecular weight excluding hydrogens is 136 g/mol.